The van der Waals surface area contributed by atoms with E-state index in [4.69, 9.17) is 5.73 Å². The molecule has 1 aliphatic rings. The molecule has 0 atom stereocenters. The van der Waals surface area contributed by atoms with Crippen LogP contribution in [0.4, 0.5) is 0 Å². The monoisotopic (exact) mass is 251 g/mol. The molecule has 0 radical (unpaired) electrons. The second-order valence-corrected chi connectivity index (χ2v) is 5.09. The van der Waals surface area contributed by atoms with Gasteiger partial charge < -0.3 is 10.6 Å². The lowest BCUT2D eigenvalue weighted by atomic mass is 10.4. The number of hydrogen-bond acceptors (Lipinski definition) is 4. The van der Waals surface area contributed by atoms with Crippen LogP contribution >= 0.6 is 11.8 Å². The lowest BCUT2D eigenvalue weighted by Crippen LogP contribution is -2.42. The van der Waals surface area contributed by atoms with Crippen LogP contribution in [0.3, 0.4) is 0 Å². The molecule has 2 rings (SSSR count). The minimum atomic E-state index is 0.527. The van der Waals surface area contributed by atoms with Crippen LogP contribution in [0.25, 0.3) is 0 Å². The first-order valence-corrected chi connectivity index (χ1v) is 6.82. The summed E-state index contributed by atoms with van der Waals surface area (Å²) < 4.78 is 0. The number of guanidine groups is 1. The molecule has 1 aliphatic heterocycles. The van der Waals surface area contributed by atoms with E-state index in [0.717, 1.165) is 36.1 Å². The predicted molar refractivity (Wildman–Crippen MR) is 71.0 cm³/mol. The van der Waals surface area contributed by atoms with Gasteiger partial charge in [0.2, 0.25) is 0 Å². The molecule has 1 aromatic heterocycles. The molecule has 92 valence electrons. The van der Waals surface area contributed by atoms with Crippen LogP contribution in [0.5, 0.6) is 0 Å². The molecule has 0 aliphatic carbocycles. The molecule has 5 nitrogen and oxygen atoms in total. The third-order valence-electron chi connectivity index (χ3n) is 2.57. The summed E-state index contributed by atoms with van der Waals surface area (Å²) in [7, 11) is 0. The summed E-state index contributed by atoms with van der Waals surface area (Å²) in [6.45, 7) is 4.38. The van der Waals surface area contributed by atoms with E-state index in [9.17, 15) is 0 Å². The normalized spacial score (nSPS) is 17.2. The molecular weight excluding hydrogens is 234 g/mol. The number of nitrogens with two attached hydrogens (primary N) is 1. The largest absolute Gasteiger partial charge is 0.370 e. The fraction of sp³-hybridized carbons (Fsp3) is 0.545. The van der Waals surface area contributed by atoms with Gasteiger partial charge in [-0.3, -0.25) is 0 Å². The van der Waals surface area contributed by atoms with Crippen molar-refractivity contribution in [1.82, 2.24) is 14.9 Å². The highest BCUT2D eigenvalue weighted by Gasteiger charge is 2.11. The second-order valence-electron chi connectivity index (χ2n) is 3.87. The maximum absolute atomic E-state index is 5.96. The summed E-state index contributed by atoms with van der Waals surface area (Å²) in [5, 5.41) is 0. The van der Waals surface area contributed by atoms with Crippen LogP contribution in [-0.4, -0.2) is 45.4 Å². The average Bonchev–Trinajstić information content (AvgIpc) is 2.37. The van der Waals surface area contributed by atoms with Gasteiger partial charge in [-0.25, -0.2) is 15.0 Å². The van der Waals surface area contributed by atoms with Crippen molar-refractivity contribution in [3.8, 4) is 0 Å². The Kier molecular flexibility index (Phi) is 4.19. The minimum absolute atomic E-state index is 0.527. The first kappa shape index (κ1) is 12.2. The molecule has 0 saturated carbocycles. The number of rotatable bonds is 2. The van der Waals surface area contributed by atoms with E-state index in [-0.39, 0.29) is 0 Å². The predicted octanol–water partition coefficient (Wildman–Crippen LogP) is 0.649. The fourth-order valence-electron chi connectivity index (χ4n) is 1.65. The van der Waals surface area contributed by atoms with Gasteiger partial charge in [-0.15, -0.1) is 0 Å². The van der Waals surface area contributed by atoms with Gasteiger partial charge >= 0.3 is 0 Å². The van der Waals surface area contributed by atoms with Crippen LogP contribution in [0.15, 0.2) is 17.3 Å². The molecule has 1 aromatic rings. The molecule has 0 unspecified atom stereocenters. The zero-order valence-corrected chi connectivity index (χ0v) is 10.8. The summed E-state index contributed by atoms with van der Waals surface area (Å²) >= 11 is 1.96. The molecule has 17 heavy (non-hydrogen) atoms. The first-order chi connectivity index (χ1) is 8.25. The molecule has 1 saturated heterocycles. The molecule has 6 heteroatoms. The van der Waals surface area contributed by atoms with Crippen LogP contribution in [-0.2, 0) is 6.54 Å². The van der Waals surface area contributed by atoms with Gasteiger partial charge in [0.25, 0.3) is 0 Å². The maximum atomic E-state index is 5.96. The number of aliphatic imine (C=N–C) groups is 1. The van der Waals surface area contributed by atoms with Gasteiger partial charge in [-0.2, -0.15) is 11.8 Å². The van der Waals surface area contributed by atoms with Gasteiger partial charge in [-0.1, -0.05) is 0 Å². The van der Waals surface area contributed by atoms with Crippen molar-refractivity contribution in [2.75, 3.05) is 24.6 Å². The summed E-state index contributed by atoms with van der Waals surface area (Å²) in [5.41, 5.74) is 6.87. The molecule has 0 bridgehead atoms. The molecule has 0 amide bonds. The third-order valence-corrected chi connectivity index (χ3v) is 3.51. The van der Waals surface area contributed by atoms with E-state index >= 15 is 0 Å². The number of hydrogen-bond donors (Lipinski definition) is 1. The molecular formula is C11H17N5S. The van der Waals surface area contributed by atoms with Crippen molar-refractivity contribution < 1.29 is 0 Å². The number of aromatic nitrogens is 2. The molecule has 1 fully saturated rings. The van der Waals surface area contributed by atoms with E-state index < -0.39 is 0 Å². The van der Waals surface area contributed by atoms with Crippen molar-refractivity contribution in [2.45, 2.75) is 13.5 Å². The highest BCUT2D eigenvalue weighted by Crippen LogP contribution is 2.08. The number of aryl methyl sites for hydroxylation is 1. The number of thioether (sulfide) groups is 1. The summed E-state index contributed by atoms with van der Waals surface area (Å²) in [5.74, 6) is 3.65. The van der Waals surface area contributed by atoms with Crippen LogP contribution in [0.2, 0.25) is 0 Å². The standard InChI is InChI=1S/C11H17N5S/c1-9-13-3-2-10(15-9)8-14-11(12)16-4-6-17-7-5-16/h2-3H,4-8H2,1H3,(H2,12,14). The topological polar surface area (TPSA) is 67.4 Å². The van der Waals surface area contributed by atoms with Crippen LogP contribution in [0.1, 0.15) is 11.5 Å². The highest BCUT2D eigenvalue weighted by atomic mass is 32.2. The highest BCUT2D eigenvalue weighted by molar-refractivity contribution is 7.99. The van der Waals surface area contributed by atoms with E-state index in [1.165, 1.54) is 0 Å². The van der Waals surface area contributed by atoms with E-state index in [1.807, 2.05) is 24.8 Å². The van der Waals surface area contributed by atoms with Crippen molar-refractivity contribution in [3.05, 3.63) is 23.8 Å². The Morgan fingerprint density at radius 2 is 2.29 bits per heavy atom. The molecule has 0 aromatic carbocycles. The van der Waals surface area contributed by atoms with Crippen LogP contribution < -0.4 is 5.73 Å². The second kappa shape index (κ2) is 5.86. The average molecular weight is 251 g/mol. The first-order valence-electron chi connectivity index (χ1n) is 5.67. The zero-order valence-electron chi connectivity index (χ0n) is 9.96. The van der Waals surface area contributed by atoms with Crippen molar-refractivity contribution in [2.24, 2.45) is 10.7 Å². The fourth-order valence-corrected chi connectivity index (χ4v) is 2.55. The van der Waals surface area contributed by atoms with Gasteiger partial charge in [0.15, 0.2) is 5.96 Å². The van der Waals surface area contributed by atoms with E-state index in [1.54, 1.807) is 6.20 Å². The van der Waals surface area contributed by atoms with Gasteiger partial charge in [-0.05, 0) is 13.0 Å². The number of nitrogens with zero attached hydrogens (tertiary/aromatic N) is 4. The Balaban J connectivity index is 1.95. The summed E-state index contributed by atoms with van der Waals surface area (Å²) in [6, 6.07) is 1.87. The van der Waals surface area contributed by atoms with Crippen LogP contribution in [0, 0.1) is 6.92 Å². The van der Waals surface area contributed by atoms with Gasteiger partial charge in [0, 0.05) is 30.8 Å². The maximum Gasteiger partial charge on any atom is 0.191 e. The summed E-state index contributed by atoms with van der Waals surface area (Å²) in [6.07, 6.45) is 1.75. The Morgan fingerprint density at radius 3 is 3.00 bits per heavy atom. The molecule has 2 heterocycles. The lowest BCUT2D eigenvalue weighted by molar-refractivity contribution is 0.455. The summed E-state index contributed by atoms with van der Waals surface area (Å²) in [4.78, 5) is 14.9. The minimum Gasteiger partial charge on any atom is -0.370 e. The van der Waals surface area contributed by atoms with Crippen molar-refractivity contribution >= 4 is 17.7 Å². The van der Waals surface area contributed by atoms with E-state index in [2.05, 4.69) is 19.9 Å². The lowest BCUT2D eigenvalue weighted by Gasteiger charge is -2.27. The Hall–Kier alpha value is -1.30. The van der Waals surface area contributed by atoms with Crippen molar-refractivity contribution in [1.29, 1.82) is 0 Å². The zero-order chi connectivity index (χ0) is 12.1. The van der Waals surface area contributed by atoms with Gasteiger partial charge in [0.05, 0.1) is 12.2 Å². The Bertz CT molecular complexity index is 401. The Morgan fingerprint density at radius 1 is 1.53 bits per heavy atom. The van der Waals surface area contributed by atoms with Crippen molar-refractivity contribution in [3.63, 3.8) is 0 Å². The van der Waals surface area contributed by atoms with Gasteiger partial charge in [0.1, 0.15) is 5.82 Å². The smallest absolute Gasteiger partial charge is 0.191 e. The third kappa shape index (κ3) is 3.59. The molecule has 0 spiro atoms. The SMILES string of the molecule is Cc1nccc(CN=C(N)N2CCSCC2)n1. The quantitative estimate of drug-likeness (QED) is 0.617. The Labute approximate surface area is 106 Å². The van der Waals surface area contributed by atoms with E-state index in [0.29, 0.717) is 12.5 Å². The molecule has 2 N–H and O–H groups in total.